The Labute approximate surface area is 152 Å². The monoisotopic (exact) mass is 368 g/mol. The molecule has 0 aliphatic heterocycles. The van der Waals surface area contributed by atoms with Crippen molar-refractivity contribution in [2.45, 2.75) is 0 Å². The molecule has 0 aliphatic rings. The van der Waals surface area contributed by atoms with E-state index in [-0.39, 0.29) is 16.7 Å². The predicted octanol–water partition coefficient (Wildman–Crippen LogP) is 4.35. The van der Waals surface area contributed by atoms with Crippen molar-refractivity contribution < 1.29 is 0 Å². The third-order valence-electron chi connectivity index (χ3n) is 3.73. The molecule has 2 heterocycles. The Kier molecular flexibility index (Phi) is 3.95. The van der Waals surface area contributed by atoms with Gasteiger partial charge < -0.3 is 4.98 Å². The number of aromatic amines is 1. The second-order valence-corrected chi connectivity index (χ2v) is 6.10. The molecular weight excluding hydrogens is 359 g/mol. The lowest BCUT2D eigenvalue weighted by Crippen LogP contribution is -2.11. The van der Waals surface area contributed by atoms with Gasteiger partial charge in [-0.05, 0) is 12.1 Å². The Morgan fingerprint density at radius 1 is 0.800 bits per heavy atom. The summed E-state index contributed by atoms with van der Waals surface area (Å²) in [5.74, 6) is 0. The first kappa shape index (κ1) is 15.7. The summed E-state index contributed by atoms with van der Waals surface area (Å²) in [6.07, 6.45) is 1.30. The fraction of sp³-hybridized carbons (Fsp3) is 0. The Balaban J connectivity index is 2.14. The van der Waals surface area contributed by atoms with Crippen molar-refractivity contribution in [2.75, 3.05) is 0 Å². The molecule has 4 rings (SSSR count). The maximum absolute atomic E-state index is 12.1. The molecule has 0 radical (unpaired) electrons. The molecule has 0 atom stereocenters. The lowest BCUT2D eigenvalue weighted by atomic mass is 10.0. The highest BCUT2D eigenvalue weighted by atomic mass is 35.5. The number of hydrogen-bond acceptors (Lipinski definition) is 4. The molecule has 0 aliphatic carbocycles. The summed E-state index contributed by atoms with van der Waals surface area (Å²) in [6.45, 7) is 0. The molecule has 0 saturated heterocycles. The molecule has 0 spiro atoms. The van der Waals surface area contributed by atoms with E-state index in [0.717, 1.165) is 0 Å². The number of benzene rings is 2. The average molecular weight is 369 g/mol. The summed E-state index contributed by atoms with van der Waals surface area (Å²) < 4.78 is 0. The highest BCUT2D eigenvalue weighted by molar-refractivity contribution is 6.34. The first-order chi connectivity index (χ1) is 12.1. The average Bonchev–Trinajstić information content (AvgIpc) is 2.62. The summed E-state index contributed by atoms with van der Waals surface area (Å²) in [5.41, 5.74) is 2.38. The molecule has 0 unspecified atom stereocenters. The van der Waals surface area contributed by atoms with Gasteiger partial charge >= 0.3 is 0 Å². The molecule has 7 heteroatoms. The summed E-state index contributed by atoms with van der Waals surface area (Å²) in [7, 11) is 0. The summed E-state index contributed by atoms with van der Waals surface area (Å²) >= 11 is 12.7. The maximum atomic E-state index is 12.1. The minimum Gasteiger partial charge on any atom is -0.311 e. The minimum atomic E-state index is -0.364. The lowest BCUT2D eigenvalue weighted by Gasteiger charge is -2.11. The minimum absolute atomic E-state index is 0.147. The Hall–Kier alpha value is -2.76. The number of H-pyrrole nitrogens is 1. The van der Waals surface area contributed by atoms with Crippen molar-refractivity contribution in [3.05, 3.63) is 75.3 Å². The van der Waals surface area contributed by atoms with Gasteiger partial charge in [-0.2, -0.15) is 0 Å². The second-order valence-electron chi connectivity index (χ2n) is 5.28. The molecule has 4 aromatic rings. The molecular formula is C18H10Cl2N4O. The normalized spacial score (nSPS) is 11.0. The van der Waals surface area contributed by atoms with Gasteiger partial charge in [-0.25, -0.2) is 15.0 Å². The fourth-order valence-electron chi connectivity index (χ4n) is 2.57. The molecule has 0 amide bonds. The van der Waals surface area contributed by atoms with Gasteiger partial charge in [0.05, 0.1) is 22.1 Å². The standard InChI is InChI=1S/C18H10Cl2N4O/c19-12-7-3-1-5-10(12)14-15(11-6-2-4-8-13(11)20)24-17-16(23-14)18(25)22-9-21-17/h1-9H,(H,21,22,24,25). The highest BCUT2D eigenvalue weighted by Crippen LogP contribution is 2.36. The first-order valence-electron chi connectivity index (χ1n) is 7.40. The molecule has 2 aromatic carbocycles. The predicted molar refractivity (Wildman–Crippen MR) is 98.8 cm³/mol. The number of nitrogens with zero attached hydrogens (tertiary/aromatic N) is 3. The van der Waals surface area contributed by atoms with Gasteiger partial charge in [0.1, 0.15) is 5.69 Å². The van der Waals surface area contributed by atoms with E-state index >= 15 is 0 Å². The van der Waals surface area contributed by atoms with Gasteiger partial charge in [-0.1, -0.05) is 59.6 Å². The van der Waals surface area contributed by atoms with Crippen LogP contribution in [0.1, 0.15) is 0 Å². The fourth-order valence-corrected chi connectivity index (χ4v) is 3.02. The number of aromatic nitrogens is 4. The lowest BCUT2D eigenvalue weighted by molar-refractivity contribution is 1.11. The van der Waals surface area contributed by atoms with Crippen molar-refractivity contribution in [1.82, 2.24) is 19.9 Å². The van der Waals surface area contributed by atoms with Crippen LogP contribution in [0.2, 0.25) is 10.0 Å². The van der Waals surface area contributed by atoms with Crippen LogP contribution in [0.25, 0.3) is 33.7 Å². The van der Waals surface area contributed by atoms with Crippen molar-refractivity contribution >= 4 is 34.4 Å². The number of rotatable bonds is 2. The van der Waals surface area contributed by atoms with Crippen LogP contribution in [-0.2, 0) is 0 Å². The number of nitrogens with one attached hydrogen (secondary N) is 1. The molecule has 122 valence electrons. The van der Waals surface area contributed by atoms with E-state index in [1.807, 2.05) is 36.4 Å². The summed E-state index contributed by atoms with van der Waals surface area (Å²) in [6, 6.07) is 14.5. The first-order valence-corrected chi connectivity index (χ1v) is 8.16. The van der Waals surface area contributed by atoms with E-state index in [0.29, 0.717) is 32.6 Å². The van der Waals surface area contributed by atoms with Gasteiger partial charge in [-0.15, -0.1) is 0 Å². The van der Waals surface area contributed by atoms with Crippen LogP contribution in [0.4, 0.5) is 0 Å². The molecule has 2 aromatic heterocycles. The van der Waals surface area contributed by atoms with Crippen LogP contribution in [0.5, 0.6) is 0 Å². The van der Waals surface area contributed by atoms with Gasteiger partial charge in [0.15, 0.2) is 11.2 Å². The smallest absolute Gasteiger partial charge is 0.278 e. The molecule has 25 heavy (non-hydrogen) atoms. The van der Waals surface area contributed by atoms with E-state index in [9.17, 15) is 4.79 Å². The summed E-state index contributed by atoms with van der Waals surface area (Å²) in [4.78, 5) is 27.8. The van der Waals surface area contributed by atoms with Gasteiger partial charge in [0.2, 0.25) is 0 Å². The van der Waals surface area contributed by atoms with E-state index < -0.39 is 0 Å². The zero-order chi connectivity index (χ0) is 17.4. The molecule has 5 nitrogen and oxygen atoms in total. The van der Waals surface area contributed by atoms with E-state index in [4.69, 9.17) is 23.2 Å². The van der Waals surface area contributed by atoms with Crippen LogP contribution in [0.15, 0.2) is 59.7 Å². The largest absolute Gasteiger partial charge is 0.311 e. The van der Waals surface area contributed by atoms with Crippen molar-refractivity contribution in [1.29, 1.82) is 0 Å². The van der Waals surface area contributed by atoms with Crippen molar-refractivity contribution in [3.63, 3.8) is 0 Å². The van der Waals surface area contributed by atoms with E-state index in [1.54, 1.807) is 12.1 Å². The SMILES string of the molecule is O=c1[nH]cnc2nc(-c3ccccc3Cl)c(-c3ccccc3Cl)nc12. The second kappa shape index (κ2) is 6.27. The van der Waals surface area contributed by atoms with E-state index in [2.05, 4.69) is 19.9 Å². The molecule has 0 saturated carbocycles. The van der Waals surface area contributed by atoms with Crippen LogP contribution in [-0.4, -0.2) is 19.9 Å². The van der Waals surface area contributed by atoms with Gasteiger partial charge in [0.25, 0.3) is 5.56 Å². The van der Waals surface area contributed by atoms with E-state index in [1.165, 1.54) is 6.33 Å². The quantitative estimate of drug-likeness (QED) is 0.570. The molecule has 0 fully saturated rings. The highest BCUT2D eigenvalue weighted by Gasteiger charge is 2.18. The van der Waals surface area contributed by atoms with Crippen LogP contribution < -0.4 is 5.56 Å². The maximum Gasteiger partial charge on any atom is 0.278 e. The van der Waals surface area contributed by atoms with Gasteiger partial charge in [-0.3, -0.25) is 4.79 Å². The van der Waals surface area contributed by atoms with Crippen LogP contribution in [0.3, 0.4) is 0 Å². The number of halogens is 2. The van der Waals surface area contributed by atoms with Crippen molar-refractivity contribution in [3.8, 4) is 22.5 Å². The zero-order valence-corrected chi connectivity index (χ0v) is 14.2. The third kappa shape index (κ3) is 2.77. The summed E-state index contributed by atoms with van der Waals surface area (Å²) in [5, 5.41) is 1.03. The van der Waals surface area contributed by atoms with Crippen molar-refractivity contribution in [2.24, 2.45) is 0 Å². The Bertz CT molecular complexity index is 1160. The van der Waals surface area contributed by atoms with Crippen LogP contribution >= 0.6 is 23.2 Å². The van der Waals surface area contributed by atoms with Crippen LogP contribution in [0, 0.1) is 0 Å². The topological polar surface area (TPSA) is 71.5 Å². The molecule has 0 bridgehead atoms. The molecule has 1 N–H and O–H groups in total. The third-order valence-corrected chi connectivity index (χ3v) is 4.39. The zero-order valence-electron chi connectivity index (χ0n) is 12.7. The Morgan fingerprint density at radius 3 is 1.96 bits per heavy atom. The number of fused-ring (bicyclic) bond motifs is 1. The number of hydrogen-bond donors (Lipinski definition) is 1. The Morgan fingerprint density at radius 2 is 1.36 bits per heavy atom. The van der Waals surface area contributed by atoms with Gasteiger partial charge in [0, 0.05) is 11.1 Å².